The summed E-state index contributed by atoms with van der Waals surface area (Å²) in [4.78, 5) is 13.3. The first-order chi connectivity index (χ1) is 12.1. The lowest BCUT2D eigenvalue weighted by Gasteiger charge is -2.20. The number of hydrogen-bond donors (Lipinski definition) is 0. The summed E-state index contributed by atoms with van der Waals surface area (Å²) >= 11 is 0. The highest BCUT2D eigenvalue weighted by molar-refractivity contribution is 5.86. The van der Waals surface area contributed by atoms with Gasteiger partial charge in [-0.3, -0.25) is 0 Å². The maximum absolute atomic E-state index is 11.2. The van der Waals surface area contributed by atoms with Crippen LogP contribution in [-0.2, 0) is 14.3 Å². The summed E-state index contributed by atoms with van der Waals surface area (Å²) in [5.41, 5.74) is 3.15. The molecule has 0 saturated heterocycles. The second-order valence-corrected chi connectivity index (χ2v) is 5.99. The molecule has 25 heavy (non-hydrogen) atoms. The molecule has 2 aromatic rings. The van der Waals surface area contributed by atoms with Crippen molar-refractivity contribution in [3.63, 3.8) is 0 Å². The second-order valence-electron chi connectivity index (χ2n) is 5.99. The Morgan fingerprint density at radius 3 is 2.28 bits per heavy atom. The summed E-state index contributed by atoms with van der Waals surface area (Å²) in [5.74, 6) is -0.363. The quantitative estimate of drug-likeness (QED) is 0.545. The van der Waals surface area contributed by atoms with E-state index in [0.29, 0.717) is 6.61 Å². The standard InChI is InChI=1S/C21H25NO3/c1-22(2)15-16-25-21(18-7-5-4-6-8-18)19-12-9-17(10-13-19)11-14-20(23)24-3/h4-14,21H,15-16H2,1-3H3. The molecule has 0 bridgehead atoms. The molecule has 4 heteroatoms. The number of methoxy groups -OCH3 is 1. The van der Waals surface area contributed by atoms with E-state index in [9.17, 15) is 4.79 Å². The summed E-state index contributed by atoms with van der Waals surface area (Å²) in [6, 6.07) is 18.2. The van der Waals surface area contributed by atoms with Crippen molar-refractivity contribution in [3.05, 3.63) is 77.4 Å². The first kappa shape index (κ1) is 18.9. The highest BCUT2D eigenvalue weighted by atomic mass is 16.5. The van der Waals surface area contributed by atoms with E-state index in [0.717, 1.165) is 23.2 Å². The topological polar surface area (TPSA) is 38.8 Å². The first-order valence-corrected chi connectivity index (χ1v) is 8.27. The summed E-state index contributed by atoms with van der Waals surface area (Å²) in [6.07, 6.45) is 3.04. The van der Waals surface area contributed by atoms with Crippen LogP contribution in [0.4, 0.5) is 0 Å². The number of nitrogens with zero attached hydrogens (tertiary/aromatic N) is 1. The SMILES string of the molecule is COC(=O)C=Cc1ccc(C(OCCN(C)C)c2ccccc2)cc1. The lowest BCUT2D eigenvalue weighted by molar-refractivity contribution is -0.134. The molecule has 0 amide bonds. The van der Waals surface area contributed by atoms with Crippen molar-refractivity contribution in [1.29, 1.82) is 0 Å². The predicted molar refractivity (Wildman–Crippen MR) is 100 cm³/mol. The molecule has 1 atom stereocenters. The van der Waals surface area contributed by atoms with E-state index in [1.54, 1.807) is 6.08 Å². The van der Waals surface area contributed by atoms with Gasteiger partial charge < -0.3 is 14.4 Å². The molecule has 1 unspecified atom stereocenters. The molecule has 0 radical (unpaired) electrons. The molecule has 0 N–H and O–H groups in total. The number of carbonyl (C=O) groups excluding carboxylic acids is 1. The Morgan fingerprint density at radius 2 is 1.68 bits per heavy atom. The zero-order valence-electron chi connectivity index (χ0n) is 15.0. The normalized spacial score (nSPS) is 12.5. The molecule has 0 aliphatic heterocycles. The maximum Gasteiger partial charge on any atom is 0.330 e. The van der Waals surface area contributed by atoms with Crippen molar-refractivity contribution in [3.8, 4) is 0 Å². The van der Waals surface area contributed by atoms with Gasteiger partial charge in [0.2, 0.25) is 0 Å². The lowest BCUT2D eigenvalue weighted by atomic mass is 10.00. The molecule has 2 aromatic carbocycles. The third-order valence-corrected chi connectivity index (χ3v) is 3.78. The molecule has 0 spiro atoms. The fraction of sp³-hybridized carbons (Fsp3) is 0.286. The number of rotatable bonds is 8. The van der Waals surface area contributed by atoms with E-state index in [2.05, 4.69) is 21.8 Å². The highest BCUT2D eigenvalue weighted by Crippen LogP contribution is 2.26. The van der Waals surface area contributed by atoms with Gasteiger partial charge in [0.15, 0.2) is 0 Å². The van der Waals surface area contributed by atoms with Crippen LogP contribution in [0, 0.1) is 0 Å². The van der Waals surface area contributed by atoms with Crippen LogP contribution in [0.1, 0.15) is 22.8 Å². The summed E-state index contributed by atoms with van der Waals surface area (Å²) < 4.78 is 10.8. The van der Waals surface area contributed by atoms with Crippen LogP contribution in [0.3, 0.4) is 0 Å². The van der Waals surface area contributed by atoms with Gasteiger partial charge in [-0.05, 0) is 36.9 Å². The molecule has 0 aliphatic carbocycles. The van der Waals surface area contributed by atoms with Crippen LogP contribution in [-0.4, -0.2) is 45.2 Å². The monoisotopic (exact) mass is 339 g/mol. The van der Waals surface area contributed by atoms with Gasteiger partial charge in [0, 0.05) is 12.6 Å². The highest BCUT2D eigenvalue weighted by Gasteiger charge is 2.14. The average Bonchev–Trinajstić information content (AvgIpc) is 2.64. The van der Waals surface area contributed by atoms with Gasteiger partial charge in [0.05, 0.1) is 13.7 Å². The number of hydrogen-bond acceptors (Lipinski definition) is 4. The van der Waals surface area contributed by atoms with Crippen LogP contribution in [0.5, 0.6) is 0 Å². The molecule has 0 saturated carbocycles. The van der Waals surface area contributed by atoms with Crippen LogP contribution in [0.15, 0.2) is 60.7 Å². The van der Waals surface area contributed by atoms with E-state index in [1.165, 1.54) is 13.2 Å². The van der Waals surface area contributed by atoms with Crippen molar-refractivity contribution in [2.24, 2.45) is 0 Å². The molecule has 0 fully saturated rings. The van der Waals surface area contributed by atoms with Crippen LogP contribution in [0.2, 0.25) is 0 Å². The van der Waals surface area contributed by atoms with Gasteiger partial charge in [0.25, 0.3) is 0 Å². The van der Waals surface area contributed by atoms with Crippen LogP contribution < -0.4 is 0 Å². The first-order valence-electron chi connectivity index (χ1n) is 8.27. The fourth-order valence-electron chi connectivity index (χ4n) is 2.38. The largest absolute Gasteiger partial charge is 0.466 e. The molecule has 4 nitrogen and oxygen atoms in total. The van der Waals surface area contributed by atoms with E-state index in [-0.39, 0.29) is 12.1 Å². The Hall–Kier alpha value is -2.43. The summed E-state index contributed by atoms with van der Waals surface area (Å²) in [6.45, 7) is 1.51. The zero-order valence-corrected chi connectivity index (χ0v) is 15.0. The van der Waals surface area contributed by atoms with Gasteiger partial charge in [0.1, 0.15) is 6.10 Å². The maximum atomic E-state index is 11.2. The van der Waals surface area contributed by atoms with Crippen LogP contribution in [0.25, 0.3) is 6.08 Å². The molecular formula is C21H25NO3. The van der Waals surface area contributed by atoms with E-state index in [1.807, 2.05) is 56.6 Å². The molecule has 0 aromatic heterocycles. The Kier molecular flexibility index (Phi) is 7.38. The third kappa shape index (κ3) is 6.18. The number of likely N-dealkylation sites (N-methyl/N-ethyl adjacent to an activating group) is 1. The van der Waals surface area contributed by atoms with E-state index in [4.69, 9.17) is 4.74 Å². The van der Waals surface area contributed by atoms with Gasteiger partial charge in [-0.2, -0.15) is 0 Å². The molecule has 0 heterocycles. The van der Waals surface area contributed by atoms with Gasteiger partial charge in [-0.1, -0.05) is 54.6 Å². The average molecular weight is 339 g/mol. The minimum atomic E-state index is -0.363. The van der Waals surface area contributed by atoms with Gasteiger partial charge in [-0.15, -0.1) is 0 Å². The molecular weight excluding hydrogens is 314 g/mol. The van der Waals surface area contributed by atoms with E-state index < -0.39 is 0 Å². The molecule has 132 valence electrons. The number of benzene rings is 2. The number of ether oxygens (including phenoxy) is 2. The Labute approximate surface area is 149 Å². The van der Waals surface area contributed by atoms with Gasteiger partial charge in [-0.25, -0.2) is 4.79 Å². The lowest BCUT2D eigenvalue weighted by Crippen LogP contribution is -2.20. The smallest absolute Gasteiger partial charge is 0.330 e. The van der Waals surface area contributed by atoms with Gasteiger partial charge >= 0.3 is 5.97 Å². The van der Waals surface area contributed by atoms with Crippen LogP contribution >= 0.6 is 0 Å². The second kappa shape index (κ2) is 9.77. The Balaban J connectivity index is 2.16. The summed E-state index contributed by atoms with van der Waals surface area (Å²) in [5, 5.41) is 0. The van der Waals surface area contributed by atoms with Crippen molar-refractivity contribution < 1.29 is 14.3 Å². The predicted octanol–water partition coefficient (Wildman–Crippen LogP) is 3.54. The fourth-order valence-corrected chi connectivity index (χ4v) is 2.38. The van der Waals surface area contributed by atoms with Crippen molar-refractivity contribution in [2.45, 2.75) is 6.10 Å². The van der Waals surface area contributed by atoms with Crippen molar-refractivity contribution in [1.82, 2.24) is 4.90 Å². The number of esters is 1. The minimum Gasteiger partial charge on any atom is -0.466 e. The summed E-state index contributed by atoms with van der Waals surface area (Å²) in [7, 11) is 5.43. The number of carbonyl (C=O) groups is 1. The molecule has 0 aliphatic rings. The Morgan fingerprint density at radius 1 is 1.04 bits per heavy atom. The van der Waals surface area contributed by atoms with E-state index >= 15 is 0 Å². The minimum absolute atomic E-state index is 0.111. The Bertz CT molecular complexity index is 678. The third-order valence-electron chi connectivity index (χ3n) is 3.78. The van der Waals surface area contributed by atoms with Crippen molar-refractivity contribution in [2.75, 3.05) is 34.4 Å². The zero-order chi connectivity index (χ0) is 18.1. The van der Waals surface area contributed by atoms with Crippen molar-refractivity contribution >= 4 is 12.0 Å². The molecule has 2 rings (SSSR count).